The fourth-order valence-corrected chi connectivity index (χ4v) is 3.05. The van der Waals surface area contributed by atoms with Crippen molar-refractivity contribution in [2.24, 2.45) is 0 Å². The standard InChI is InChI=1S/C18H10F4/c19-17(20)15-8-4-3-7-13(15)14-9-11-5-1-2-6-12(11)10-16(14)18(17,21)22/h1-10H. The van der Waals surface area contributed by atoms with Crippen LogP contribution < -0.4 is 0 Å². The Morgan fingerprint density at radius 3 is 1.82 bits per heavy atom. The third-order valence-corrected chi connectivity index (χ3v) is 4.17. The maximum Gasteiger partial charge on any atom is 0.340 e. The molecular formula is C18H10F4. The van der Waals surface area contributed by atoms with Gasteiger partial charge in [-0.2, -0.15) is 17.6 Å². The molecule has 0 aliphatic heterocycles. The van der Waals surface area contributed by atoms with Gasteiger partial charge in [0.1, 0.15) is 0 Å². The largest absolute Gasteiger partial charge is 0.340 e. The van der Waals surface area contributed by atoms with Gasteiger partial charge in [0.05, 0.1) is 0 Å². The Labute approximate surface area is 124 Å². The van der Waals surface area contributed by atoms with E-state index in [1.54, 1.807) is 36.4 Å². The van der Waals surface area contributed by atoms with Gasteiger partial charge >= 0.3 is 11.8 Å². The second kappa shape index (κ2) is 4.09. The van der Waals surface area contributed by atoms with Crippen molar-refractivity contribution in [2.45, 2.75) is 11.8 Å². The van der Waals surface area contributed by atoms with E-state index in [1.165, 1.54) is 18.2 Å². The van der Waals surface area contributed by atoms with Gasteiger partial charge in [-0.1, -0.05) is 48.5 Å². The van der Waals surface area contributed by atoms with Crippen LogP contribution in [-0.2, 0) is 11.8 Å². The molecule has 0 radical (unpaired) electrons. The summed E-state index contributed by atoms with van der Waals surface area (Å²) in [6.45, 7) is 0. The Hall–Kier alpha value is -2.36. The Morgan fingerprint density at radius 2 is 1.09 bits per heavy atom. The SMILES string of the molecule is FC1(F)c2ccccc2-c2cc3ccccc3cc2C1(F)F. The van der Waals surface area contributed by atoms with Crippen LogP contribution in [0, 0.1) is 0 Å². The van der Waals surface area contributed by atoms with E-state index in [-0.39, 0.29) is 11.1 Å². The van der Waals surface area contributed by atoms with Crippen LogP contribution in [0.25, 0.3) is 21.9 Å². The molecule has 0 unspecified atom stereocenters. The highest BCUT2D eigenvalue weighted by Gasteiger charge is 2.62. The van der Waals surface area contributed by atoms with Crippen LogP contribution in [0.4, 0.5) is 17.6 Å². The van der Waals surface area contributed by atoms with Gasteiger partial charge in [0.2, 0.25) is 0 Å². The van der Waals surface area contributed by atoms with E-state index < -0.39 is 23.0 Å². The van der Waals surface area contributed by atoms with E-state index in [2.05, 4.69) is 0 Å². The second-order valence-electron chi connectivity index (χ2n) is 5.44. The predicted octanol–water partition coefficient (Wildman–Crippen LogP) is 5.70. The van der Waals surface area contributed by atoms with Crippen molar-refractivity contribution in [3.8, 4) is 11.1 Å². The van der Waals surface area contributed by atoms with Crippen molar-refractivity contribution in [3.05, 3.63) is 71.8 Å². The van der Waals surface area contributed by atoms with Gasteiger partial charge in [-0.3, -0.25) is 0 Å². The zero-order valence-electron chi connectivity index (χ0n) is 11.3. The average molecular weight is 302 g/mol. The third-order valence-electron chi connectivity index (χ3n) is 4.17. The first-order valence-electron chi connectivity index (χ1n) is 6.82. The van der Waals surface area contributed by atoms with Gasteiger partial charge in [0.25, 0.3) is 0 Å². The lowest BCUT2D eigenvalue weighted by Crippen LogP contribution is -2.39. The van der Waals surface area contributed by atoms with Crippen LogP contribution >= 0.6 is 0 Å². The molecule has 4 heteroatoms. The van der Waals surface area contributed by atoms with E-state index >= 15 is 0 Å². The molecule has 0 atom stereocenters. The summed E-state index contributed by atoms with van der Waals surface area (Å²) < 4.78 is 57.5. The number of hydrogen-bond acceptors (Lipinski definition) is 0. The predicted molar refractivity (Wildman–Crippen MR) is 77.2 cm³/mol. The Morgan fingerprint density at radius 1 is 0.545 bits per heavy atom. The number of hydrogen-bond donors (Lipinski definition) is 0. The minimum absolute atomic E-state index is 0.166. The lowest BCUT2D eigenvalue weighted by Gasteiger charge is -2.35. The monoisotopic (exact) mass is 302 g/mol. The highest BCUT2D eigenvalue weighted by molar-refractivity contribution is 5.91. The van der Waals surface area contributed by atoms with Crippen LogP contribution in [0.5, 0.6) is 0 Å². The molecule has 0 heterocycles. The molecule has 0 fully saturated rings. The molecule has 0 N–H and O–H groups in total. The quantitative estimate of drug-likeness (QED) is 0.467. The molecule has 0 spiro atoms. The zero-order chi connectivity index (χ0) is 15.5. The molecule has 3 aromatic carbocycles. The van der Waals surface area contributed by atoms with Crippen molar-refractivity contribution in [3.63, 3.8) is 0 Å². The second-order valence-corrected chi connectivity index (χ2v) is 5.44. The topological polar surface area (TPSA) is 0 Å². The van der Waals surface area contributed by atoms with Crippen molar-refractivity contribution >= 4 is 10.8 Å². The highest BCUT2D eigenvalue weighted by atomic mass is 19.3. The first-order valence-corrected chi connectivity index (χ1v) is 6.82. The van der Waals surface area contributed by atoms with Gasteiger partial charge in [-0.25, -0.2) is 0 Å². The van der Waals surface area contributed by atoms with E-state index in [0.717, 1.165) is 11.5 Å². The maximum absolute atomic E-state index is 14.4. The molecule has 0 amide bonds. The summed E-state index contributed by atoms with van der Waals surface area (Å²) in [4.78, 5) is 0. The molecule has 4 rings (SSSR count). The van der Waals surface area contributed by atoms with E-state index in [0.29, 0.717) is 5.39 Å². The molecule has 0 bridgehead atoms. The fraction of sp³-hybridized carbons (Fsp3) is 0.111. The van der Waals surface area contributed by atoms with E-state index in [9.17, 15) is 17.6 Å². The van der Waals surface area contributed by atoms with Crippen molar-refractivity contribution in [1.82, 2.24) is 0 Å². The van der Waals surface area contributed by atoms with Gasteiger partial charge in [-0.05, 0) is 34.0 Å². The lowest BCUT2D eigenvalue weighted by molar-refractivity contribution is -0.225. The molecule has 0 saturated carbocycles. The average Bonchev–Trinajstić information content (AvgIpc) is 2.52. The summed E-state index contributed by atoms with van der Waals surface area (Å²) in [7, 11) is 0. The van der Waals surface area contributed by atoms with Gasteiger partial charge in [0, 0.05) is 11.1 Å². The zero-order valence-corrected chi connectivity index (χ0v) is 11.3. The van der Waals surface area contributed by atoms with E-state index in [4.69, 9.17) is 0 Å². The molecule has 3 aromatic rings. The van der Waals surface area contributed by atoms with Gasteiger partial charge < -0.3 is 0 Å². The van der Waals surface area contributed by atoms with E-state index in [1.807, 2.05) is 0 Å². The number of alkyl halides is 4. The summed E-state index contributed by atoms with van der Waals surface area (Å²) in [6.07, 6.45) is 0. The maximum atomic E-state index is 14.4. The molecule has 22 heavy (non-hydrogen) atoms. The van der Waals surface area contributed by atoms with Gasteiger partial charge in [-0.15, -0.1) is 0 Å². The number of fused-ring (bicyclic) bond motifs is 4. The first kappa shape index (κ1) is 13.3. The molecule has 0 aromatic heterocycles. The Bertz CT molecular complexity index is 896. The molecule has 0 nitrogen and oxygen atoms in total. The molecule has 110 valence electrons. The number of halogens is 4. The number of benzene rings is 3. The molecular weight excluding hydrogens is 292 g/mol. The number of rotatable bonds is 0. The molecule has 1 aliphatic rings. The van der Waals surface area contributed by atoms with Crippen molar-refractivity contribution in [1.29, 1.82) is 0 Å². The van der Waals surface area contributed by atoms with Crippen LogP contribution in [0.15, 0.2) is 60.7 Å². The fourth-order valence-electron chi connectivity index (χ4n) is 3.05. The summed E-state index contributed by atoms with van der Waals surface area (Å²) in [5, 5.41) is 1.27. The van der Waals surface area contributed by atoms with Crippen LogP contribution in [0.3, 0.4) is 0 Å². The summed E-state index contributed by atoms with van der Waals surface area (Å²) in [5.74, 6) is -8.46. The normalized spacial score (nSPS) is 17.8. The third kappa shape index (κ3) is 1.52. The minimum Gasteiger partial charge on any atom is -0.194 e. The minimum atomic E-state index is -4.24. The summed E-state index contributed by atoms with van der Waals surface area (Å²) in [6, 6.07) is 15.1. The van der Waals surface area contributed by atoms with Crippen molar-refractivity contribution < 1.29 is 17.6 Å². The van der Waals surface area contributed by atoms with Crippen LogP contribution in [-0.4, -0.2) is 0 Å². The Kier molecular flexibility index (Phi) is 2.48. The van der Waals surface area contributed by atoms with Crippen molar-refractivity contribution in [2.75, 3.05) is 0 Å². The smallest absolute Gasteiger partial charge is 0.194 e. The van der Waals surface area contributed by atoms with Crippen LogP contribution in [0.2, 0.25) is 0 Å². The summed E-state index contributed by atoms with van der Waals surface area (Å²) >= 11 is 0. The van der Waals surface area contributed by atoms with Crippen LogP contribution in [0.1, 0.15) is 11.1 Å². The molecule has 0 saturated heterocycles. The molecule has 1 aliphatic carbocycles. The summed E-state index contributed by atoms with van der Waals surface area (Å²) in [5.41, 5.74) is -0.901. The lowest BCUT2D eigenvalue weighted by atomic mass is 9.79. The van der Waals surface area contributed by atoms with Gasteiger partial charge in [0.15, 0.2) is 0 Å². The first-order chi connectivity index (χ1) is 10.4. The Balaban J connectivity index is 2.17. The highest BCUT2D eigenvalue weighted by Crippen LogP contribution is 2.58.